The largest absolute Gasteiger partial charge is 0.373 e. The van der Waals surface area contributed by atoms with Crippen molar-refractivity contribution in [3.05, 3.63) is 72.3 Å². The summed E-state index contributed by atoms with van der Waals surface area (Å²) < 4.78 is 0. The van der Waals surface area contributed by atoms with E-state index in [1.54, 1.807) is 0 Å². The normalized spacial score (nSPS) is 11.9. The highest BCUT2D eigenvalue weighted by Crippen LogP contribution is 2.23. The third-order valence-electron chi connectivity index (χ3n) is 4.18. The second-order valence-corrected chi connectivity index (χ2v) is 5.93. The molecule has 0 bridgehead atoms. The van der Waals surface area contributed by atoms with Crippen LogP contribution in [0.15, 0.2) is 66.7 Å². The maximum atomic E-state index is 12.4. The number of carbonyl (C=O) groups is 1. The number of carbonyl (C=O) groups excluding carboxylic acids is 1. The van der Waals surface area contributed by atoms with E-state index in [9.17, 15) is 4.79 Å². The van der Waals surface area contributed by atoms with E-state index >= 15 is 0 Å². The average molecular weight is 318 g/mol. The Balaban J connectivity index is 1.71. The first kappa shape index (κ1) is 16.1. The van der Waals surface area contributed by atoms with Gasteiger partial charge in [0.2, 0.25) is 5.91 Å². The van der Waals surface area contributed by atoms with Gasteiger partial charge in [0.05, 0.1) is 0 Å². The molecule has 24 heavy (non-hydrogen) atoms. The second kappa shape index (κ2) is 7.18. The maximum absolute atomic E-state index is 12.4. The molecule has 3 heteroatoms. The predicted molar refractivity (Wildman–Crippen MR) is 101 cm³/mol. The molecule has 0 heterocycles. The van der Waals surface area contributed by atoms with Gasteiger partial charge >= 0.3 is 0 Å². The molecule has 3 nitrogen and oxygen atoms in total. The van der Waals surface area contributed by atoms with Gasteiger partial charge in [0.1, 0.15) is 6.04 Å². The number of aryl methyl sites for hydroxylation is 1. The fourth-order valence-electron chi connectivity index (χ4n) is 2.72. The van der Waals surface area contributed by atoms with Crippen LogP contribution in [0.3, 0.4) is 0 Å². The monoisotopic (exact) mass is 318 g/mol. The number of anilines is 2. The van der Waals surface area contributed by atoms with Gasteiger partial charge in [-0.3, -0.25) is 4.79 Å². The first-order valence-electron chi connectivity index (χ1n) is 8.31. The zero-order chi connectivity index (χ0) is 16.9. The molecule has 122 valence electrons. The fourth-order valence-corrected chi connectivity index (χ4v) is 2.72. The first-order valence-corrected chi connectivity index (χ1v) is 8.31. The van der Waals surface area contributed by atoms with Gasteiger partial charge in [-0.05, 0) is 42.5 Å². The van der Waals surface area contributed by atoms with Crippen LogP contribution in [-0.4, -0.2) is 11.9 Å². The minimum Gasteiger partial charge on any atom is -0.373 e. The quantitative estimate of drug-likeness (QED) is 0.706. The molecule has 0 aliphatic carbocycles. The van der Waals surface area contributed by atoms with Gasteiger partial charge in [-0.25, -0.2) is 0 Å². The Morgan fingerprint density at radius 3 is 2.42 bits per heavy atom. The summed E-state index contributed by atoms with van der Waals surface area (Å²) in [6.45, 7) is 3.99. The van der Waals surface area contributed by atoms with Gasteiger partial charge in [0.15, 0.2) is 0 Å². The Hall–Kier alpha value is -2.81. The summed E-state index contributed by atoms with van der Waals surface area (Å²) in [5.41, 5.74) is 3.05. The van der Waals surface area contributed by atoms with Crippen molar-refractivity contribution in [3.8, 4) is 0 Å². The Kier molecular flexibility index (Phi) is 4.80. The molecule has 0 aromatic heterocycles. The number of rotatable bonds is 5. The van der Waals surface area contributed by atoms with Crippen LogP contribution >= 0.6 is 0 Å². The minimum absolute atomic E-state index is 0.0489. The van der Waals surface area contributed by atoms with Crippen molar-refractivity contribution < 1.29 is 4.79 Å². The Morgan fingerprint density at radius 2 is 1.67 bits per heavy atom. The highest BCUT2D eigenvalue weighted by Gasteiger charge is 2.13. The molecule has 1 amide bonds. The van der Waals surface area contributed by atoms with Gasteiger partial charge in [-0.15, -0.1) is 0 Å². The van der Waals surface area contributed by atoms with Crippen molar-refractivity contribution in [2.24, 2.45) is 0 Å². The summed E-state index contributed by atoms with van der Waals surface area (Å²) in [7, 11) is 0. The highest BCUT2D eigenvalue weighted by molar-refractivity contribution is 5.99. The van der Waals surface area contributed by atoms with Crippen molar-refractivity contribution in [2.45, 2.75) is 26.3 Å². The van der Waals surface area contributed by atoms with Crippen molar-refractivity contribution >= 4 is 28.1 Å². The van der Waals surface area contributed by atoms with E-state index in [-0.39, 0.29) is 11.9 Å². The molecule has 2 N–H and O–H groups in total. The number of hydrogen-bond donors (Lipinski definition) is 2. The molecule has 0 aliphatic heterocycles. The molecule has 1 atom stereocenters. The summed E-state index contributed by atoms with van der Waals surface area (Å²) in [6.07, 6.45) is 0.993. The topological polar surface area (TPSA) is 41.1 Å². The summed E-state index contributed by atoms with van der Waals surface area (Å²) >= 11 is 0. The van der Waals surface area contributed by atoms with Crippen molar-refractivity contribution in [1.82, 2.24) is 0 Å². The van der Waals surface area contributed by atoms with Crippen LogP contribution in [0, 0.1) is 0 Å². The number of benzene rings is 3. The summed E-state index contributed by atoms with van der Waals surface area (Å²) in [5.74, 6) is -0.0489. The van der Waals surface area contributed by atoms with E-state index < -0.39 is 0 Å². The van der Waals surface area contributed by atoms with Crippen LogP contribution in [0.4, 0.5) is 11.4 Å². The van der Waals surface area contributed by atoms with E-state index in [0.717, 1.165) is 28.6 Å². The maximum Gasteiger partial charge on any atom is 0.246 e. The lowest BCUT2D eigenvalue weighted by Crippen LogP contribution is -2.31. The predicted octanol–water partition coefficient (Wildman–Crippen LogP) is 4.84. The van der Waals surface area contributed by atoms with E-state index in [1.807, 2.05) is 55.5 Å². The third kappa shape index (κ3) is 3.57. The average Bonchev–Trinajstić information content (AvgIpc) is 2.62. The van der Waals surface area contributed by atoms with E-state index in [0.29, 0.717) is 0 Å². The van der Waals surface area contributed by atoms with Crippen LogP contribution in [0.2, 0.25) is 0 Å². The standard InChI is InChI=1S/C21H22N2O/c1-3-16-11-13-18(14-12-16)23-21(24)15(2)22-20-10-6-8-17-7-4-5-9-19(17)20/h4-15,22H,3H2,1-2H3,(H,23,24)/t15-/m0/s1. The van der Waals surface area contributed by atoms with E-state index in [2.05, 4.69) is 35.8 Å². The van der Waals surface area contributed by atoms with Crippen molar-refractivity contribution in [2.75, 3.05) is 10.6 Å². The fraction of sp³-hybridized carbons (Fsp3) is 0.190. The summed E-state index contributed by atoms with van der Waals surface area (Å²) in [5, 5.41) is 8.55. The summed E-state index contributed by atoms with van der Waals surface area (Å²) in [4.78, 5) is 12.4. The van der Waals surface area contributed by atoms with Gasteiger partial charge in [0, 0.05) is 16.8 Å². The minimum atomic E-state index is -0.332. The molecule has 0 aliphatic rings. The van der Waals surface area contributed by atoms with Crippen LogP contribution in [0.5, 0.6) is 0 Å². The number of amides is 1. The lowest BCUT2D eigenvalue weighted by Gasteiger charge is -2.17. The smallest absolute Gasteiger partial charge is 0.246 e. The molecule has 0 radical (unpaired) electrons. The molecule has 0 fully saturated rings. The van der Waals surface area contributed by atoms with Crippen LogP contribution in [0.25, 0.3) is 10.8 Å². The van der Waals surface area contributed by atoms with Crippen LogP contribution < -0.4 is 10.6 Å². The number of nitrogens with one attached hydrogen (secondary N) is 2. The molecule has 3 aromatic carbocycles. The molecule has 0 saturated carbocycles. The summed E-state index contributed by atoms with van der Waals surface area (Å²) in [6, 6.07) is 21.9. The number of fused-ring (bicyclic) bond motifs is 1. The zero-order valence-corrected chi connectivity index (χ0v) is 14.0. The van der Waals surface area contributed by atoms with Crippen molar-refractivity contribution in [3.63, 3.8) is 0 Å². The highest BCUT2D eigenvalue weighted by atomic mass is 16.2. The molecular formula is C21H22N2O. The molecule has 0 saturated heterocycles. The van der Waals surface area contributed by atoms with Crippen LogP contribution in [-0.2, 0) is 11.2 Å². The van der Waals surface area contributed by atoms with Crippen LogP contribution in [0.1, 0.15) is 19.4 Å². The molecule has 0 unspecified atom stereocenters. The Bertz CT molecular complexity index is 835. The van der Waals surface area contributed by atoms with Gasteiger partial charge < -0.3 is 10.6 Å². The Labute approximate surface area is 142 Å². The molecular weight excluding hydrogens is 296 g/mol. The van der Waals surface area contributed by atoms with E-state index in [4.69, 9.17) is 0 Å². The Morgan fingerprint density at radius 1 is 0.958 bits per heavy atom. The lowest BCUT2D eigenvalue weighted by molar-refractivity contribution is -0.116. The molecule has 3 rings (SSSR count). The molecule has 3 aromatic rings. The van der Waals surface area contributed by atoms with Gasteiger partial charge in [0.25, 0.3) is 0 Å². The first-order chi connectivity index (χ1) is 11.7. The SMILES string of the molecule is CCc1ccc(NC(=O)[C@H](C)Nc2cccc3ccccc23)cc1. The second-order valence-electron chi connectivity index (χ2n) is 5.93. The molecule has 0 spiro atoms. The van der Waals surface area contributed by atoms with Gasteiger partial charge in [-0.1, -0.05) is 55.5 Å². The third-order valence-corrected chi connectivity index (χ3v) is 4.18. The van der Waals surface area contributed by atoms with Gasteiger partial charge in [-0.2, -0.15) is 0 Å². The van der Waals surface area contributed by atoms with E-state index in [1.165, 1.54) is 5.56 Å². The lowest BCUT2D eigenvalue weighted by atomic mass is 10.1. The van der Waals surface area contributed by atoms with Crippen molar-refractivity contribution in [1.29, 1.82) is 0 Å². The zero-order valence-electron chi connectivity index (χ0n) is 14.0. The number of hydrogen-bond acceptors (Lipinski definition) is 2.